The van der Waals surface area contributed by atoms with E-state index >= 15 is 0 Å². The summed E-state index contributed by atoms with van der Waals surface area (Å²) in [5.41, 5.74) is 9.81. The van der Waals surface area contributed by atoms with Crippen molar-refractivity contribution in [2.75, 3.05) is 0 Å². The van der Waals surface area contributed by atoms with Crippen molar-refractivity contribution in [3.8, 4) is 67.5 Å². The number of fused-ring (bicyclic) bond motifs is 3. The number of rotatable bonds is 6. The van der Waals surface area contributed by atoms with E-state index in [1.54, 1.807) is 0 Å². The Morgan fingerprint density at radius 2 is 0.630 bits per heavy atom. The minimum Gasteiger partial charge on any atom is -0.208 e. The lowest BCUT2D eigenvalue weighted by atomic mass is 9.92. The van der Waals surface area contributed by atoms with Gasteiger partial charge in [0.2, 0.25) is 0 Å². The van der Waals surface area contributed by atoms with E-state index in [-0.39, 0.29) is 0 Å². The van der Waals surface area contributed by atoms with Gasteiger partial charge < -0.3 is 0 Å². The van der Waals surface area contributed by atoms with Gasteiger partial charge in [0.25, 0.3) is 0 Å². The van der Waals surface area contributed by atoms with Crippen molar-refractivity contribution in [2.24, 2.45) is 0 Å². The molecule has 3 nitrogen and oxygen atoms in total. The van der Waals surface area contributed by atoms with Crippen LogP contribution in [0.15, 0.2) is 200 Å². The summed E-state index contributed by atoms with van der Waals surface area (Å²) in [5, 5.41) is 7.17. The molecule has 0 unspecified atom stereocenters. The average molecular weight is 688 g/mol. The van der Waals surface area contributed by atoms with Gasteiger partial charge in [-0.05, 0) is 83.9 Å². The van der Waals surface area contributed by atoms with E-state index in [4.69, 9.17) is 15.0 Å². The van der Waals surface area contributed by atoms with Crippen LogP contribution in [0.3, 0.4) is 0 Å². The van der Waals surface area contributed by atoms with Gasteiger partial charge in [-0.15, -0.1) is 0 Å². The van der Waals surface area contributed by atoms with E-state index in [0.717, 1.165) is 33.2 Å². The highest BCUT2D eigenvalue weighted by atomic mass is 15.0. The summed E-state index contributed by atoms with van der Waals surface area (Å²) < 4.78 is 0. The van der Waals surface area contributed by atoms with Gasteiger partial charge in [-0.3, -0.25) is 0 Å². The third-order valence-electron chi connectivity index (χ3n) is 10.3. The Hall–Kier alpha value is -7.23. The van der Waals surface area contributed by atoms with Gasteiger partial charge in [0, 0.05) is 16.7 Å². The first kappa shape index (κ1) is 31.5. The molecule has 0 aliphatic rings. The maximum absolute atomic E-state index is 5.19. The molecule has 0 spiro atoms. The first-order valence-electron chi connectivity index (χ1n) is 18.3. The zero-order valence-electron chi connectivity index (χ0n) is 29.4. The second kappa shape index (κ2) is 13.4. The Kier molecular flexibility index (Phi) is 7.81. The van der Waals surface area contributed by atoms with E-state index in [1.165, 1.54) is 49.2 Å². The van der Waals surface area contributed by atoms with Crippen LogP contribution in [0.25, 0.3) is 99.9 Å². The Bertz CT molecular complexity index is 3000. The van der Waals surface area contributed by atoms with Crippen molar-refractivity contribution in [3.63, 3.8) is 0 Å². The molecule has 252 valence electrons. The number of nitrogens with zero attached hydrogens (tertiary/aromatic N) is 3. The van der Waals surface area contributed by atoms with Crippen molar-refractivity contribution in [1.82, 2.24) is 15.0 Å². The molecule has 1 aromatic heterocycles. The number of hydrogen-bond donors (Lipinski definition) is 0. The van der Waals surface area contributed by atoms with Crippen LogP contribution in [-0.2, 0) is 0 Å². The van der Waals surface area contributed by atoms with Gasteiger partial charge >= 0.3 is 0 Å². The molecule has 3 heteroatoms. The monoisotopic (exact) mass is 687 g/mol. The predicted molar refractivity (Wildman–Crippen MR) is 225 cm³/mol. The molecule has 10 rings (SSSR count). The van der Waals surface area contributed by atoms with Crippen LogP contribution in [0.4, 0.5) is 0 Å². The maximum Gasteiger partial charge on any atom is 0.164 e. The van der Waals surface area contributed by atoms with Gasteiger partial charge in [0.1, 0.15) is 0 Å². The maximum atomic E-state index is 5.19. The van der Waals surface area contributed by atoms with Crippen molar-refractivity contribution < 1.29 is 0 Å². The fourth-order valence-corrected chi connectivity index (χ4v) is 7.65. The zero-order chi connectivity index (χ0) is 35.8. The van der Waals surface area contributed by atoms with Crippen LogP contribution in [-0.4, -0.2) is 15.0 Å². The number of aromatic nitrogens is 3. The molecule has 0 aliphatic heterocycles. The largest absolute Gasteiger partial charge is 0.208 e. The first-order valence-corrected chi connectivity index (χ1v) is 18.3. The van der Waals surface area contributed by atoms with Crippen LogP contribution in [0.5, 0.6) is 0 Å². The number of benzene rings is 9. The SMILES string of the molecule is c1ccc(-c2cccc3c(-c4cccc(-c5nc(-c6cccc(-c7cccc8ccccc78)c6)nc(-c6ccc7ccccc7c6)n5)c4)cccc23)cc1. The standard InChI is InChI=1S/C51H33N3/c1-2-14-35(15-3-1)44-25-11-28-48-46(26-12-27-47(44)48)39-20-9-22-41(33-39)50-52-49(53-51(54-50)42-30-29-34-13-4-5-17-37(34)31-42)40-21-8-19-38(32-40)45-24-10-18-36-16-6-7-23-43(36)45/h1-33H. The molecule has 0 fully saturated rings. The average Bonchev–Trinajstić information content (AvgIpc) is 3.26. The van der Waals surface area contributed by atoms with E-state index < -0.39 is 0 Å². The van der Waals surface area contributed by atoms with Crippen LogP contribution < -0.4 is 0 Å². The highest BCUT2D eigenvalue weighted by molar-refractivity contribution is 6.04. The van der Waals surface area contributed by atoms with Crippen LogP contribution in [0, 0.1) is 0 Å². The molecule has 0 amide bonds. The van der Waals surface area contributed by atoms with E-state index in [2.05, 4.69) is 200 Å². The third kappa shape index (κ3) is 5.78. The van der Waals surface area contributed by atoms with Gasteiger partial charge in [0.05, 0.1) is 0 Å². The summed E-state index contributed by atoms with van der Waals surface area (Å²) in [5.74, 6) is 1.90. The molecule has 0 atom stereocenters. The molecule has 54 heavy (non-hydrogen) atoms. The lowest BCUT2D eigenvalue weighted by Gasteiger charge is -2.13. The fraction of sp³-hybridized carbons (Fsp3) is 0. The lowest BCUT2D eigenvalue weighted by Crippen LogP contribution is -2.00. The van der Waals surface area contributed by atoms with Crippen LogP contribution in [0.1, 0.15) is 0 Å². The Labute approximate surface area is 313 Å². The molecule has 0 aliphatic carbocycles. The quantitative estimate of drug-likeness (QED) is 0.175. The molecule has 0 saturated heterocycles. The highest BCUT2D eigenvalue weighted by Crippen LogP contribution is 2.37. The Morgan fingerprint density at radius 1 is 0.222 bits per heavy atom. The normalized spacial score (nSPS) is 11.3. The second-order valence-electron chi connectivity index (χ2n) is 13.6. The Morgan fingerprint density at radius 3 is 1.28 bits per heavy atom. The smallest absolute Gasteiger partial charge is 0.164 e. The minimum atomic E-state index is 0.630. The lowest BCUT2D eigenvalue weighted by molar-refractivity contribution is 1.07. The van der Waals surface area contributed by atoms with Crippen molar-refractivity contribution >= 4 is 32.3 Å². The molecule has 10 aromatic rings. The zero-order valence-corrected chi connectivity index (χ0v) is 29.4. The summed E-state index contributed by atoms with van der Waals surface area (Å²) in [7, 11) is 0. The molecule has 0 N–H and O–H groups in total. The van der Waals surface area contributed by atoms with Crippen LogP contribution >= 0.6 is 0 Å². The van der Waals surface area contributed by atoms with Crippen molar-refractivity contribution in [1.29, 1.82) is 0 Å². The van der Waals surface area contributed by atoms with Crippen LogP contribution in [0.2, 0.25) is 0 Å². The topological polar surface area (TPSA) is 38.7 Å². The Balaban J connectivity index is 1.13. The van der Waals surface area contributed by atoms with E-state index in [1.807, 2.05) is 0 Å². The summed E-state index contributed by atoms with van der Waals surface area (Å²) in [6.45, 7) is 0. The predicted octanol–water partition coefficient (Wildman–Crippen LogP) is 13.3. The third-order valence-corrected chi connectivity index (χ3v) is 10.3. The number of hydrogen-bond acceptors (Lipinski definition) is 3. The molecular weight excluding hydrogens is 655 g/mol. The summed E-state index contributed by atoms with van der Waals surface area (Å²) in [6.07, 6.45) is 0. The molecular formula is C51H33N3. The summed E-state index contributed by atoms with van der Waals surface area (Å²) >= 11 is 0. The van der Waals surface area contributed by atoms with Crippen molar-refractivity contribution in [2.45, 2.75) is 0 Å². The molecule has 9 aromatic carbocycles. The van der Waals surface area contributed by atoms with Gasteiger partial charge in [0.15, 0.2) is 17.5 Å². The van der Waals surface area contributed by atoms with Gasteiger partial charge in [-0.25, -0.2) is 15.0 Å². The second-order valence-corrected chi connectivity index (χ2v) is 13.6. The van der Waals surface area contributed by atoms with E-state index in [9.17, 15) is 0 Å². The van der Waals surface area contributed by atoms with Gasteiger partial charge in [-0.2, -0.15) is 0 Å². The molecule has 1 heterocycles. The van der Waals surface area contributed by atoms with Crippen molar-refractivity contribution in [3.05, 3.63) is 200 Å². The first-order chi connectivity index (χ1) is 26.7. The summed E-state index contributed by atoms with van der Waals surface area (Å²) in [4.78, 5) is 15.5. The molecule has 0 bridgehead atoms. The van der Waals surface area contributed by atoms with E-state index in [0.29, 0.717) is 17.5 Å². The van der Waals surface area contributed by atoms with Gasteiger partial charge in [-0.1, -0.05) is 182 Å². The highest BCUT2D eigenvalue weighted by Gasteiger charge is 2.16. The fourth-order valence-electron chi connectivity index (χ4n) is 7.65. The molecule has 0 saturated carbocycles. The minimum absolute atomic E-state index is 0.630. The molecule has 0 radical (unpaired) electrons. The summed E-state index contributed by atoms with van der Waals surface area (Å²) in [6, 6.07) is 70.6.